The highest BCUT2D eigenvalue weighted by Crippen LogP contribution is 2.31. The van der Waals surface area contributed by atoms with Crippen LogP contribution in [0.3, 0.4) is 0 Å². The fraction of sp³-hybridized carbons (Fsp3) is 0.750. The maximum Gasteiger partial charge on any atom is 0.408 e. The average molecular weight is 301 g/mol. The summed E-state index contributed by atoms with van der Waals surface area (Å²) in [5.74, 6) is 0. The third kappa shape index (κ3) is 14.7. The smallest absolute Gasteiger partial charge is 0.408 e. The fourth-order valence-corrected chi connectivity index (χ4v) is 1.45. The lowest BCUT2D eigenvalue weighted by atomic mass is 9.79. The quantitative estimate of drug-likeness (QED) is 0.635. The maximum atomic E-state index is 11.3. The van der Waals surface area contributed by atoms with Gasteiger partial charge in [-0.25, -0.2) is 4.79 Å². The Morgan fingerprint density at radius 1 is 1.38 bits per heavy atom. The molecule has 5 heteroatoms. The summed E-state index contributed by atoms with van der Waals surface area (Å²) >= 11 is 0. The normalized spacial score (nSPS) is 14.8. The number of rotatable bonds is 3. The summed E-state index contributed by atoms with van der Waals surface area (Å²) in [6, 6.07) is 0. The molecule has 0 aromatic carbocycles. The molecule has 1 saturated carbocycles. The molecular formula is C16H31NO4. The van der Waals surface area contributed by atoms with Crippen LogP contribution in [0.25, 0.3) is 0 Å². The van der Waals surface area contributed by atoms with E-state index in [1.54, 1.807) is 13.0 Å². The van der Waals surface area contributed by atoms with Gasteiger partial charge in [0.05, 0.1) is 6.61 Å². The van der Waals surface area contributed by atoms with Crippen molar-refractivity contribution in [1.82, 2.24) is 5.32 Å². The van der Waals surface area contributed by atoms with E-state index in [1.165, 1.54) is 6.42 Å². The van der Waals surface area contributed by atoms with Crippen LogP contribution < -0.4 is 5.32 Å². The zero-order valence-corrected chi connectivity index (χ0v) is 14.3. The summed E-state index contributed by atoms with van der Waals surface area (Å²) in [6.45, 7) is 15.6. The van der Waals surface area contributed by atoms with Crippen molar-refractivity contribution in [3.63, 3.8) is 0 Å². The standard InChI is InChI=1S/C10H19NO2.C3H6O2.C3H6/c1-9(2,3)13-8(12)11-10(4)6-5-7-10;1-2-5-3-4;1-3-2/h5-7H2,1-4H3,(H,11,12);3H,2H2,1H3;3H,1H2,2H3. The summed E-state index contributed by atoms with van der Waals surface area (Å²) in [5, 5.41) is 2.89. The second-order valence-corrected chi connectivity index (χ2v) is 6.00. The lowest BCUT2D eigenvalue weighted by molar-refractivity contribution is -0.128. The first-order valence-electron chi connectivity index (χ1n) is 7.27. The van der Waals surface area contributed by atoms with Crippen molar-refractivity contribution in [2.45, 2.75) is 71.9 Å². The van der Waals surface area contributed by atoms with Crippen LogP contribution in [0.5, 0.6) is 0 Å². The van der Waals surface area contributed by atoms with Gasteiger partial charge in [-0.3, -0.25) is 4.79 Å². The van der Waals surface area contributed by atoms with Gasteiger partial charge in [-0.2, -0.15) is 0 Å². The minimum Gasteiger partial charge on any atom is -0.468 e. The maximum absolute atomic E-state index is 11.3. The van der Waals surface area contributed by atoms with E-state index in [0.717, 1.165) is 12.8 Å². The van der Waals surface area contributed by atoms with E-state index in [-0.39, 0.29) is 11.6 Å². The van der Waals surface area contributed by atoms with Crippen LogP contribution in [0.15, 0.2) is 12.7 Å². The summed E-state index contributed by atoms with van der Waals surface area (Å²) < 4.78 is 9.31. The molecule has 124 valence electrons. The highest BCUT2D eigenvalue weighted by atomic mass is 16.6. The Bertz CT molecular complexity index is 304. The highest BCUT2D eigenvalue weighted by molar-refractivity contribution is 5.68. The molecule has 0 heterocycles. The first-order valence-corrected chi connectivity index (χ1v) is 7.27. The SMILES string of the molecule is C=CC.CC1(NC(=O)OC(C)(C)C)CCC1.CCOC=O. The van der Waals surface area contributed by atoms with Gasteiger partial charge in [0.2, 0.25) is 0 Å². The topological polar surface area (TPSA) is 64.6 Å². The zero-order valence-electron chi connectivity index (χ0n) is 14.3. The predicted octanol–water partition coefficient (Wildman–Crippen LogP) is 3.83. The molecule has 0 spiro atoms. The van der Waals surface area contributed by atoms with Crippen molar-refractivity contribution in [2.24, 2.45) is 0 Å². The Morgan fingerprint density at radius 3 is 2.05 bits per heavy atom. The molecule has 1 rings (SSSR count). The number of hydrogen-bond donors (Lipinski definition) is 1. The Labute approximate surface area is 129 Å². The highest BCUT2D eigenvalue weighted by Gasteiger charge is 2.34. The minimum atomic E-state index is -0.399. The van der Waals surface area contributed by atoms with Crippen molar-refractivity contribution in [2.75, 3.05) is 6.61 Å². The first kappa shape index (κ1) is 21.8. The molecule has 0 aromatic rings. The van der Waals surface area contributed by atoms with Crippen LogP contribution >= 0.6 is 0 Å². The zero-order chi connectivity index (χ0) is 16.9. The number of carbonyl (C=O) groups excluding carboxylic acids is 2. The molecule has 0 saturated heterocycles. The largest absolute Gasteiger partial charge is 0.468 e. The molecule has 0 atom stereocenters. The second kappa shape index (κ2) is 11.2. The van der Waals surface area contributed by atoms with E-state index in [4.69, 9.17) is 4.74 Å². The molecule has 1 N–H and O–H groups in total. The molecular weight excluding hydrogens is 270 g/mol. The van der Waals surface area contributed by atoms with Gasteiger partial charge in [0.25, 0.3) is 6.47 Å². The molecule has 1 fully saturated rings. The van der Waals surface area contributed by atoms with E-state index in [1.807, 2.05) is 27.7 Å². The lowest BCUT2D eigenvalue weighted by Crippen LogP contribution is -2.52. The van der Waals surface area contributed by atoms with Gasteiger partial charge >= 0.3 is 6.09 Å². The van der Waals surface area contributed by atoms with Crippen LogP contribution in [0.2, 0.25) is 0 Å². The third-order valence-electron chi connectivity index (χ3n) is 2.49. The summed E-state index contributed by atoms with van der Waals surface area (Å²) in [7, 11) is 0. The number of alkyl carbamates (subject to hydrolysis) is 1. The molecule has 0 aromatic heterocycles. The molecule has 0 unspecified atom stereocenters. The van der Waals surface area contributed by atoms with E-state index in [2.05, 4.69) is 23.6 Å². The van der Waals surface area contributed by atoms with Crippen molar-refractivity contribution in [3.8, 4) is 0 Å². The van der Waals surface area contributed by atoms with Crippen molar-refractivity contribution < 1.29 is 19.1 Å². The van der Waals surface area contributed by atoms with Gasteiger partial charge in [-0.1, -0.05) is 6.08 Å². The first-order chi connectivity index (χ1) is 9.64. The summed E-state index contributed by atoms with van der Waals surface area (Å²) in [6.07, 6.45) is 4.78. The van der Waals surface area contributed by atoms with E-state index in [0.29, 0.717) is 13.1 Å². The third-order valence-corrected chi connectivity index (χ3v) is 2.49. The van der Waals surface area contributed by atoms with Crippen LogP contribution in [0.4, 0.5) is 4.79 Å². The number of hydrogen-bond acceptors (Lipinski definition) is 4. The minimum absolute atomic E-state index is 0.0116. The second-order valence-electron chi connectivity index (χ2n) is 6.00. The molecule has 1 amide bonds. The average Bonchev–Trinajstić information content (AvgIpc) is 2.27. The Kier molecular flexibility index (Phi) is 11.6. The van der Waals surface area contributed by atoms with E-state index < -0.39 is 5.60 Å². The van der Waals surface area contributed by atoms with Crippen molar-refractivity contribution in [1.29, 1.82) is 0 Å². The predicted molar refractivity (Wildman–Crippen MR) is 85.2 cm³/mol. The molecule has 0 radical (unpaired) electrons. The molecule has 0 aliphatic heterocycles. The van der Waals surface area contributed by atoms with E-state index in [9.17, 15) is 9.59 Å². The Hall–Kier alpha value is -1.52. The molecule has 0 bridgehead atoms. The van der Waals surface area contributed by atoms with Gasteiger partial charge in [0.15, 0.2) is 0 Å². The summed E-state index contributed by atoms with van der Waals surface area (Å²) in [5.41, 5.74) is -0.410. The fourth-order valence-electron chi connectivity index (χ4n) is 1.45. The molecule has 1 aliphatic carbocycles. The van der Waals surface area contributed by atoms with Crippen LogP contribution in [-0.4, -0.2) is 30.3 Å². The van der Waals surface area contributed by atoms with Gasteiger partial charge in [0.1, 0.15) is 5.60 Å². The van der Waals surface area contributed by atoms with E-state index >= 15 is 0 Å². The lowest BCUT2D eigenvalue weighted by Gasteiger charge is -2.39. The number of amides is 1. The Morgan fingerprint density at radius 2 is 1.86 bits per heavy atom. The molecule has 1 aliphatic rings. The van der Waals surface area contributed by atoms with Gasteiger partial charge in [0, 0.05) is 5.54 Å². The number of ether oxygens (including phenoxy) is 2. The summed E-state index contributed by atoms with van der Waals surface area (Å²) in [4.78, 5) is 20.5. The van der Waals surface area contributed by atoms with Gasteiger partial charge < -0.3 is 14.8 Å². The Balaban J connectivity index is 0. The number of allylic oxidation sites excluding steroid dienone is 1. The van der Waals surface area contributed by atoms with Crippen molar-refractivity contribution in [3.05, 3.63) is 12.7 Å². The van der Waals surface area contributed by atoms with Gasteiger partial charge in [-0.05, 0) is 60.8 Å². The number of carbonyl (C=O) groups is 2. The van der Waals surface area contributed by atoms with Crippen LogP contribution in [-0.2, 0) is 14.3 Å². The number of nitrogens with one attached hydrogen (secondary N) is 1. The van der Waals surface area contributed by atoms with Gasteiger partial charge in [-0.15, -0.1) is 6.58 Å². The van der Waals surface area contributed by atoms with Crippen molar-refractivity contribution >= 4 is 12.6 Å². The van der Waals surface area contributed by atoms with Crippen LogP contribution in [0.1, 0.15) is 60.8 Å². The monoisotopic (exact) mass is 301 g/mol. The molecule has 21 heavy (non-hydrogen) atoms. The van der Waals surface area contributed by atoms with Crippen LogP contribution in [0, 0.1) is 0 Å². The molecule has 5 nitrogen and oxygen atoms in total.